The van der Waals surface area contributed by atoms with Crippen LogP contribution < -0.4 is 10.2 Å². The van der Waals surface area contributed by atoms with E-state index < -0.39 is 35.8 Å². The molecule has 0 saturated carbocycles. The van der Waals surface area contributed by atoms with Crippen LogP contribution in [0.1, 0.15) is 0 Å². The van der Waals surface area contributed by atoms with E-state index in [0.29, 0.717) is 0 Å². The van der Waals surface area contributed by atoms with Crippen LogP contribution in [0.25, 0.3) is 11.0 Å². The van der Waals surface area contributed by atoms with Gasteiger partial charge in [-0.2, -0.15) is 0 Å². The monoisotopic (exact) mass is 326 g/mol. The van der Waals surface area contributed by atoms with E-state index in [4.69, 9.17) is 13.9 Å². The summed E-state index contributed by atoms with van der Waals surface area (Å²) in [5, 5.41) is 47.6. The topological polar surface area (TPSA) is 150 Å². The summed E-state index contributed by atoms with van der Waals surface area (Å²) in [5.74, 6) is -1.15. The lowest BCUT2D eigenvalue weighted by Crippen LogP contribution is -2.55. The maximum Gasteiger partial charge on any atom is 0.238 e. The summed E-state index contributed by atoms with van der Waals surface area (Å²) in [5.41, 5.74) is -0.805. The Bertz CT molecular complexity index is 784. The highest BCUT2D eigenvalue weighted by molar-refractivity contribution is 5.85. The number of hydrogen-bond donors (Lipinski definition) is 5. The van der Waals surface area contributed by atoms with Gasteiger partial charge in [-0.3, -0.25) is 4.79 Å². The van der Waals surface area contributed by atoms with Gasteiger partial charge in [-0.15, -0.1) is 0 Å². The van der Waals surface area contributed by atoms with Crippen molar-refractivity contribution in [1.29, 1.82) is 0 Å². The molecule has 0 amide bonds. The second-order valence-electron chi connectivity index (χ2n) is 5.14. The van der Waals surface area contributed by atoms with Crippen LogP contribution in [0, 0.1) is 0 Å². The standard InChI is InChI=1S/C14H14O9/c15-5-1-6(16)10-8(2-5)21-4-9(12(10)19)23-14-13(20)11(18)7(17)3-22-14/h1-2,4,7,11,13-18,20H,3H2/t7-,11+,13+,14+/m0/s1. The lowest BCUT2D eigenvalue weighted by molar-refractivity contribution is -0.242. The third-order valence-corrected chi connectivity index (χ3v) is 3.51. The number of aliphatic hydroxyl groups is 3. The molecule has 1 aliphatic rings. The van der Waals surface area contributed by atoms with Crippen LogP contribution in [-0.4, -0.2) is 56.7 Å². The summed E-state index contributed by atoms with van der Waals surface area (Å²) in [4.78, 5) is 12.3. The number of phenolic OH excluding ortho intramolecular Hbond substituents is 2. The van der Waals surface area contributed by atoms with E-state index >= 15 is 0 Å². The molecule has 124 valence electrons. The first-order valence-corrected chi connectivity index (χ1v) is 6.68. The van der Waals surface area contributed by atoms with Gasteiger partial charge in [0.2, 0.25) is 17.5 Å². The van der Waals surface area contributed by atoms with Gasteiger partial charge in [0.1, 0.15) is 47.0 Å². The lowest BCUT2D eigenvalue weighted by Gasteiger charge is -2.34. The quantitative estimate of drug-likeness (QED) is 0.469. The zero-order valence-electron chi connectivity index (χ0n) is 11.6. The zero-order valence-corrected chi connectivity index (χ0v) is 11.6. The predicted octanol–water partition coefficient (Wildman–Crippen LogP) is -0.978. The van der Waals surface area contributed by atoms with Gasteiger partial charge in [0, 0.05) is 12.1 Å². The minimum Gasteiger partial charge on any atom is -0.508 e. The van der Waals surface area contributed by atoms with Crippen molar-refractivity contribution in [1.82, 2.24) is 0 Å². The molecule has 2 heterocycles. The summed E-state index contributed by atoms with van der Waals surface area (Å²) in [7, 11) is 0. The van der Waals surface area contributed by atoms with Crippen LogP contribution in [0.3, 0.4) is 0 Å². The van der Waals surface area contributed by atoms with E-state index in [1.807, 2.05) is 0 Å². The molecule has 3 rings (SSSR count). The predicted molar refractivity (Wildman–Crippen MR) is 74.2 cm³/mol. The van der Waals surface area contributed by atoms with E-state index in [1.54, 1.807) is 0 Å². The molecule has 0 unspecified atom stereocenters. The van der Waals surface area contributed by atoms with Crippen molar-refractivity contribution in [2.24, 2.45) is 0 Å². The van der Waals surface area contributed by atoms with Crippen LogP contribution in [0.15, 0.2) is 27.6 Å². The molecule has 9 nitrogen and oxygen atoms in total. The van der Waals surface area contributed by atoms with Crippen molar-refractivity contribution < 1.29 is 39.4 Å². The van der Waals surface area contributed by atoms with Crippen molar-refractivity contribution >= 4 is 11.0 Å². The fraction of sp³-hybridized carbons (Fsp3) is 0.357. The highest BCUT2D eigenvalue weighted by atomic mass is 16.7. The molecule has 0 radical (unpaired) electrons. The number of benzene rings is 1. The number of ether oxygens (including phenoxy) is 2. The smallest absolute Gasteiger partial charge is 0.238 e. The molecular weight excluding hydrogens is 312 g/mol. The fourth-order valence-electron chi connectivity index (χ4n) is 2.29. The van der Waals surface area contributed by atoms with Gasteiger partial charge in [-0.25, -0.2) is 0 Å². The van der Waals surface area contributed by atoms with E-state index in [9.17, 15) is 30.3 Å². The van der Waals surface area contributed by atoms with Gasteiger partial charge in [-0.1, -0.05) is 0 Å². The zero-order chi connectivity index (χ0) is 16.7. The van der Waals surface area contributed by atoms with E-state index in [1.165, 1.54) is 0 Å². The first-order chi connectivity index (χ1) is 10.9. The molecular formula is C14H14O9. The average molecular weight is 326 g/mol. The van der Waals surface area contributed by atoms with Crippen molar-refractivity contribution in [3.8, 4) is 17.2 Å². The minimum absolute atomic E-state index is 0.0552. The first-order valence-electron chi connectivity index (χ1n) is 6.68. The van der Waals surface area contributed by atoms with E-state index in [0.717, 1.165) is 18.4 Å². The molecule has 1 saturated heterocycles. The number of hydrogen-bond acceptors (Lipinski definition) is 9. The van der Waals surface area contributed by atoms with E-state index in [2.05, 4.69) is 0 Å². The second kappa shape index (κ2) is 5.70. The van der Waals surface area contributed by atoms with Gasteiger partial charge in [0.15, 0.2) is 0 Å². The van der Waals surface area contributed by atoms with Crippen molar-refractivity contribution in [3.05, 3.63) is 28.6 Å². The fourth-order valence-corrected chi connectivity index (χ4v) is 2.29. The number of rotatable bonds is 2. The first kappa shape index (κ1) is 15.6. The third kappa shape index (κ3) is 2.70. The molecule has 1 aliphatic heterocycles. The van der Waals surface area contributed by atoms with E-state index in [-0.39, 0.29) is 29.1 Å². The Morgan fingerprint density at radius 3 is 2.61 bits per heavy atom. The van der Waals surface area contributed by atoms with Crippen LogP contribution in [-0.2, 0) is 4.74 Å². The highest BCUT2D eigenvalue weighted by Crippen LogP contribution is 2.29. The Balaban J connectivity index is 1.95. The molecule has 4 atom stereocenters. The van der Waals surface area contributed by atoms with Gasteiger partial charge in [0.25, 0.3) is 0 Å². The van der Waals surface area contributed by atoms with Crippen molar-refractivity contribution in [2.75, 3.05) is 6.61 Å². The highest BCUT2D eigenvalue weighted by Gasteiger charge is 2.39. The van der Waals surface area contributed by atoms with Gasteiger partial charge in [-0.05, 0) is 0 Å². The number of aromatic hydroxyl groups is 2. The summed E-state index contributed by atoms with van der Waals surface area (Å²) >= 11 is 0. The Kier molecular flexibility index (Phi) is 3.86. The minimum atomic E-state index is -1.58. The summed E-state index contributed by atoms with van der Waals surface area (Å²) < 4.78 is 15.3. The van der Waals surface area contributed by atoms with Crippen LogP contribution in [0.5, 0.6) is 17.2 Å². The van der Waals surface area contributed by atoms with Gasteiger partial charge < -0.3 is 39.4 Å². The van der Waals surface area contributed by atoms with Gasteiger partial charge >= 0.3 is 0 Å². The SMILES string of the molecule is O=c1c(O[C@H]2OC[C@H](O)[C@@H](O)[C@H]2O)coc2cc(O)cc(O)c12. The summed E-state index contributed by atoms with van der Waals surface area (Å²) in [6.07, 6.45) is -4.82. The molecule has 1 fully saturated rings. The number of aliphatic hydroxyl groups excluding tert-OH is 3. The normalized spacial score (nSPS) is 28.0. The molecule has 1 aromatic carbocycles. The summed E-state index contributed by atoms with van der Waals surface area (Å²) in [6, 6.07) is 2.11. The average Bonchev–Trinajstić information content (AvgIpc) is 2.49. The molecule has 9 heteroatoms. The Hall–Kier alpha value is -2.33. The molecule has 23 heavy (non-hydrogen) atoms. The molecule has 0 aliphatic carbocycles. The molecule has 2 aromatic rings. The molecule has 5 N–H and O–H groups in total. The van der Waals surface area contributed by atoms with Crippen molar-refractivity contribution in [2.45, 2.75) is 24.6 Å². The Labute approximate surface area is 128 Å². The van der Waals surface area contributed by atoms with Gasteiger partial charge in [0.05, 0.1) is 6.61 Å². The maximum absolute atomic E-state index is 12.3. The largest absolute Gasteiger partial charge is 0.508 e. The maximum atomic E-state index is 12.3. The third-order valence-electron chi connectivity index (χ3n) is 3.51. The van der Waals surface area contributed by atoms with Crippen LogP contribution in [0.2, 0.25) is 0 Å². The Morgan fingerprint density at radius 1 is 1.13 bits per heavy atom. The van der Waals surface area contributed by atoms with Crippen LogP contribution >= 0.6 is 0 Å². The number of fused-ring (bicyclic) bond motifs is 1. The number of phenols is 2. The molecule has 1 aromatic heterocycles. The van der Waals surface area contributed by atoms with Crippen molar-refractivity contribution in [3.63, 3.8) is 0 Å². The lowest BCUT2D eigenvalue weighted by atomic mass is 10.1. The van der Waals surface area contributed by atoms with Crippen LogP contribution in [0.4, 0.5) is 0 Å². The Morgan fingerprint density at radius 2 is 1.87 bits per heavy atom. The summed E-state index contributed by atoms with van der Waals surface area (Å²) in [6.45, 7) is -0.291. The molecule has 0 bridgehead atoms. The second-order valence-corrected chi connectivity index (χ2v) is 5.14. The molecule has 0 spiro atoms.